The van der Waals surface area contributed by atoms with Crippen LogP contribution >= 0.6 is 34.2 Å². The molecule has 66 valence electrons. The second-order valence-corrected chi connectivity index (χ2v) is 3.55. The number of aromatic amines is 1. The van der Waals surface area contributed by atoms with Crippen molar-refractivity contribution in [3.63, 3.8) is 0 Å². The Labute approximate surface area is 85.1 Å². The van der Waals surface area contributed by atoms with Crippen molar-refractivity contribution in [3.8, 4) is 0 Å². The van der Waals surface area contributed by atoms with Gasteiger partial charge in [0.1, 0.15) is 10.7 Å². The molecule has 0 aromatic carbocycles. The SMILES string of the molecule is O=c1cc(I)[nH]c(C(F)F)c1Cl. The number of aromatic nitrogens is 1. The van der Waals surface area contributed by atoms with E-state index in [0.717, 1.165) is 6.07 Å². The van der Waals surface area contributed by atoms with E-state index in [9.17, 15) is 13.6 Å². The third-order valence-electron chi connectivity index (χ3n) is 1.18. The lowest BCUT2D eigenvalue weighted by atomic mass is 10.3. The summed E-state index contributed by atoms with van der Waals surface area (Å²) in [6.45, 7) is 0. The van der Waals surface area contributed by atoms with E-state index in [4.69, 9.17) is 11.6 Å². The highest BCUT2D eigenvalue weighted by Gasteiger charge is 2.15. The van der Waals surface area contributed by atoms with Crippen LogP contribution in [0.4, 0.5) is 8.78 Å². The van der Waals surface area contributed by atoms with E-state index < -0.39 is 22.6 Å². The molecule has 1 heterocycles. The fourth-order valence-electron chi connectivity index (χ4n) is 0.681. The minimum atomic E-state index is -2.75. The zero-order valence-electron chi connectivity index (χ0n) is 5.57. The molecule has 0 spiro atoms. The summed E-state index contributed by atoms with van der Waals surface area (Å²) in [7, 11) is 0. The van der Waals surface area contributed by atoms with Crippen LogP contribution in [0.3, 0.4) is 0 Å². The van der Waals surface area contributed by atoms with Gasteiger partial charge in [-0.1, -0.05) is 11.6 Å². The Balaban J connectivity index is 3.38. The molecule has 0 amide bonds. The molecule has 0 radical (unpaired) electrons. The number of hydrogen-bond acceptors (Lipinski definition) is 1. The number of rotatable bonds is 1. The smallest absolute Gasteiger partial charge is 0.279 e. The van der Waals surface area contributed by atoms with Crippen LogP contribution in [0.1, 0.15) is 12.1 Å². The summed E-state index contributed by atoms with van der Waals surface area (Å²) in [6, 6.07) is 1.16. The van der Waals surface area contributed by atoms with Crippen molar-refractivity contribution in [2.24, 2.45) is 0 Å². The van der Waals surface area contributed by atoms with Crippen LogP contribution in [-0.4, -0.2) is 4.98 Å². The lowest BCUT2D eigenvalue weighted by Crippen LogP contribution is -2.08. The third kappa shape index (κ3) is 1.95. The van der Waals surface area contributed by atoms with Crippen molar-refractivity contribution in [1.29, 1.82) is 0 Å². The highest BCUT2D eigenvalue weighted by atomic mass is 127. The molecule has 0 fully saturated rings. The van der Waals surface area contributed by atoms with Gasteiger partial charge in [0.2, 0.25) is 5.43 Å². The number of hydrogen-bond donors (Lipinski definition) is 1. The Morgan fingerprint density at radius 3 is 2.67 bits per heavy atom. The summed E-state index contributed by atoms with van der Waals surface area (Å²) in [5, 5.41) is -0.439. The van der Waals surface area contributed by atoms with E-state index >= 15 is 0 Å². The first kappa shape index (κ1) is 9.91. The van der Waals surface area contributed by atoms with Gasteiger partial charge < -0.3 is 4.98 Å². The topological polar surface area (TPSA) is 32.9 Å². The van der Waals surface area contributed by atoms with Gasteiger partial charge in [-0.05, 0) is 22.6 Å². The van der Waals surface area contributed by atoms with Gasteiger partial charge in [-0.3, -0.25) is 4.79 Å². The number of alkyl halides is 2. The second-order valence-electron chi connectivity index (χ2n) is 2.01. The van der Waals surface area contributed by atoms with Gasteiger partial charge in [0, 0.05) is 6.07 Å². The summed E-state index contributed by atoms with van der Waals surface area (Å²) >= 11 is 7.07. The number of halogens is 4. The number of nitrogens with one attached hydrogen (secondary N) is 1. The molecule has 0 aliphatic rings. The molecular formula is C6H3ClF2INO. The van der Waals surface area contributed by atoms with E-state index in [2.05, 4.69) is 4.98 Å². The first-order chi connectivity index (χ1) is 5.52. The molecule has 0 bridgehead atoms. The highest BCUT2D eigenvalue weighted by molar-refractivity contribution is 14.1. The van der Waals surface area contributed by atoms with Gasteiger partial charge in [-0.15, -0.1) is 0 Å². The maximum atomic E-state index is 12.1. The molecule has 0 aliphatic carbocycles. The van der Waals surface area contributed by atoms with Gasteiger partial charge in [0.15, 0.2) is 0 Å². The molecule has 1 aromatic rings. The minimum absolute atomic E-state index is 0.345. The average Bonchev–Trinajstić information content (AvgIpc) is 1.96. The zero-order chi connectivity index (χ0) is 9.30. The quantitative estimate of drug-likeness (QED) is 0.628. The standard InChI is InChI=1S/C6H3ClF2INO/c7-4-2(12)1-3(10)11-5(4)6(8)9/h1,6H,(H,11,12). The monoisotopic (exact) mass is 305 g/mol. The number of H-pyrrole nitrogens is 1. The summed E-state index contributed by atoms with van der Waals surface area (Å²) in [5.74, 6) is 0. The minimum Gasteiger partial charge on any atom is -0.348 e. The normalized spacial score (nSPS) is 10.8. The van der Waals surface area contributed by atoms with Crippen LogP contribution in [0.25, 0.3) is 0 Å². The van der Waals surface area contributed by atoms with Crippen molar-refractivity contribution >= 4 is 34.2 Å². The van der Waals surface area contributed by atoms with E-state index in [0.29, 0.717) is 3.70 Å². The summed E-state index contributed by atoms with van der Waals surface area (Å²) in [5.41, 5.74) is -1.11. The first-order valence-corrected chi connectivity index (χ1v) is 4.34. The summed E-state index contributed by atoms with van der Waals surface area (Å²) in [6.07, 6.45) is -2.75. The van der Waals surface area contributed by atoms with Crippen LogP contribution in [0.15, 0.2) is 10.9 Å². The predicted molar refractivity (Wildman–Crippen MR) is 49.7 cm³/mol. The molecule has 1 rings (SSSR count). The van der Waals surface area contributed by atoms with Crippen LogP contribution < -0.4 is 5.43 Å². The molecule has 0 unspecified atom stereocenters. The highest BCUT2D eigenvalue weighted by Crippen LogP contribution is 2.22. The van der Waals surface area contributed by atoms with Crippen LogP contribution in [-0.2, 0) is 0 Å². The molecule has 2 nitrogen and oxygen atoms in total. The van der Waals surface area contributed by atoms with E-state index in [-0.39, 0.29) is 0 Å². The lowest BCUT2D eigenvalue weighted by molar-refractivity contribution is 0.146. The maximum absolute atomic E-state index is 12.1. The van der Waals surface area contributed by atoms with Crippen molar-refractivity contribution in [1.82, 2.24) is 4.98 Å². The van der Waals surface area contributed by atoms with Crippen molar-refractivity contribution in [2.75, 3.05) is 0 Å². The molecule has 6 heteroatoms. The molecule has 1 aromatic heterocycles. The Morgan fingerprint density at radius 1 is 1.58 bits per heavy atom. The number of pyridine rings is 1. The fourth-order valence-corrected chi connectivity index (χ4v) is 1.44. The molecule has 12 heavy (non-hydrogen) atoms. The van der Waals surface area contributed by atoms with Gasteiger partial charge in [0.25, 0.3) is 6.43 Å². The molecular weight excluding hydrogens is 302 g/mol. The van der Waals surface area contributed by atoms with E-state index in [1.54, 1.807) is 22.6 Å². The van der Waals surface area contributed by atoms with Crippen molar-refractivity contribution < 1.29 is 8.78 Å². The zero-order valence-corrected chi connectivity index (χ0v) is 8.49. The molecule has 0 saturated heterocycles. The first-order valence-electron chi connectivity index (χ1n) is 2.88. The Kier molecular flexibility index (Phi) is 3.05. The van der Waals surface area contributed by atoms with Crippen LogP contribution in [0.2, 0.25) is 5.02 Å². The lowest BCUT2D eigenvalue weighted by Gasteiger charge is -2.02. The van der Waals surface area contributed by atoms with Gasteiger partial charge in [-0.2, -0.15) is 0 Å². The molecule has 1 N–H and O–H groups in total. The summed E-state index contributed by atoms with van der Waals surface area (Å²) in [4.78, 5) is 13.2. The van der Waals surface area contributed by atoms with Gasteiger partial charge in [-0.25, -0.2) is 8.78 Å². The Morgan fingerprint density at radius 2 is 2.17 bits per heavy atom. The summed E-state index contributed by atoms with van der Waals surface area (Å²) < 4.78 is 24.6. The third-order valence-corrected chi connectivity index (χ3v) is 2.15. The maximum Gasteiger partial charge on any atom is 0.279 e. The average molecular weight is 305 g/mol. The Bertz CT molecular complexity index is 352. The van der Waals surface area contributed by atoms with Gasteiger partial charge >= 0.3 is 0 Å². The Hall–Kier alpha value is -0.170. The van der Waals surface area contributed by atoms with Crippen molar-refractivity contribution in [3.05, 3.63) is 30.7 Å². The largest absolute Gasteiger partial charge is 0.348 e. The molecule has 0 aliphatic heterocycles. The molecule has 0 saturated carbocycles. The van der Waals surface area contributed by atoms with Crippen LogP contribution in [0, 0.1) is 3.70 Å². The van der Waals surface area contributed by atoms with Crippen LogP contribution in [0.5, 0.6) is 0 Å². The second kappa shape index (κ2) is 3.69. The van der Waals surface area contributed by atoms with E-state index in [1.807, 2.05) is 0 Å². The molecule has 0 atom stereocenters. The predicted octanol–water partition coefficient (Wildman–Crippen LogP) is 2.57. The fraction of sp³-hybridized carbons (Fsp3) is 0.167. The van der Waals surface area contributed by atoms with Crippen molar-refractivity contribution in [2.45, 2.75) is 6.43 Å². The van der Waals surface area contributed by atoms with Gasteiger partial charge in [0.05, 0.1) is 3.70 Å². The van der Waals surface area contributed by atoms with E-state index in [1.165, 1.54) is 0 Å².